The van der Waals surface area contributed by atoms with Crippen LogP contribution in [-0.4, -0.2) is 4.98 Å². The van der Waals surface area contributed by atoms with E-state index in [9.17, 15) is 0 Å². The Bertz CT molecular complexity index is 561. The molecule has 0 saturated heterocycles. The molecule has 1 aliphatic carbocycles. The quantitative estimate of drug-likeness (QED) is 0.899. The van der Waals surface area contributed by atoms with Crippen molar-refractivity contribution >= 4 is 11.3 Å². The topological polar surface area (TPSA) is 52.0 Å². The van der Waals surface area contributed by atoms with Crippen molar-refractivity contribution in [1.82, 2.24) is 4.98 Å². The highest BCUT2D eigenvalue weighted by atomic mass is 32.1. The van der Waals surface area contributed by atoms with Gasteiger partial charge in [-0.2, -0.15) is 0 Å². The maximum atomic E-state index is 6.62. The highest BCUT2D eigenvalue weighted by Gasteiger charge is 2.36. The van der Waals surface area contributed by atoms with Crippen LogP contribution in [0.5, 0.6) is 0 Å². The van der Waals surface area contributed by atoms with E-state index in [1.165, 1.54) is 17.7 Å². The third-order valence-electron chi connectivity index (χ3n) is 4.01. The van der Waals surface area contributed by atoms with Gasteiger partial charge in [-0.3, -0.25) is 0 Å². The van der Waals surface area contributed by atoms with Gasteiger partial charge in [0.05, 0.1) is 11.8 Å². The third-order valence-corrected chi connectivity index (χ3v) is 5.20. The molecule has 0 spiro atoms. The van der Waals surface area contributed by atoms with Crippen LogP contribution in [0.3, 0.4) is 0 Å². The number of aryl methyl sites for hydroxylation is 1. The van der Waals surface area contributed by atoms with E-state index >= 15 is 0 Å². The second-order valence-corrected chi connectivity index (χ2v) is 6.96. The molecule has 1 fully saturated rings. The number of thiazole rings is 1. The van der Waals surface area contributed by atoms with Crippen LogP contribution < -0.4 is 5.73 Å². The first kappa shape index (κ1) is 12.9. The predicted molar refractivity (Wildman–Crippen MR) is 78.1 cm³/mol. The summed E-state index contributed by atoms with van der Waals surface area (Å²) in [6, 6.07) is 3.85. The van der Waals surface area contributed by atoms with Crippen LogP contribution in [0.25, 0.3) is 11.5 Å². The Labute approximate surface area is 117 Å². The first-order valence-electron chi connectivity index (χ1n) is 6.89. The van der Waals surface area contributed by atoms with E-state index in [1.54, 1.807) is 17.6 Å². The monoisotopic (exact) mass is 276 g/mol. The zero-order chi connectivity index (χ0) is 13.5. The standard InChI is InChI=1S/C15H20N2OS/c1-10-5-3-7-15(16,9-10)14-17-13(11(2)19-14)12-6-4-8-18-12/h4,6,8,10H,3,5,7,9,16H2,1-2H3. The number of rotatable bonds is 2. The second-order valence-electron chi connectivity index (χ2n) is 5.76. The molecule has 0 bridgehead atoms. The molecule has 2 N–H and O–H groups in total. The number of hydrogen-bond acceptors (Lipinski definition) is 4. The molecule has 2 atom stereocenters. The lowest BCUT2D eigenvalue weighted by Crippen LogP contribution is -2.40. The van der Waals surface area contributed by atoms with Crippen LogP contribution in [0.4, 0.5) is 0 Å². The molecule has 0 aromatic carbocycles. The summed E-state index contributed by atoms with van der Waals surface area (Å²) in [6.45, 7) is 4.38. The number of nitrogens with two attached hydrogens (primary N) is 1. The van der Waals surface area contributed by atoms with Crippen LogP contribution in [0, 0.1) is 12.8 Å². The molecular weight excluding hydrogens is 256 g/mol. The highest BCUT2D eigenvalue weighted by Crippen LogP contribution is 2.41. The second kappa shape index (κ2) is 4.76. The van der Waals surface area contributed by atoms with Crippen molar-refractivity contribution in [1.29, 1.82) is 0 Å². The number of aromatic nitrogens is 1. The van der Waals surface area contributed by atoms with Gasteiger partial charge in [0.1, 0.15) is 10.7 Å². The van der Waals surface area contributed by atoms with E-state index < -0.39 is 0 Å². The Morgan fingerprint density at radius 2 is 2.37 bits per heavy atom. The maximum Gasteiger partial charge on any atom is 0.153 e. The Balaban J connectivity index is 1.96. The Hall–Kier alpha value is -1.13. The van der Waals surface area contributed by atoms with E-state index in [-0.39, 0.29) is 5.54 Å². The predicted octanol–water partition coefficient (Wildman–Crippen LogP) is 4.08. The van der Waals surface area contributed by atoms with E-state index in [2.05, 4.69) is 13.8 Å². The molecule has 3 nitrogen and oxygen atoms in total. The molecule has 0 aliphatic heterocycles. The molecule has 4 heteroatoms. The van der Waals surface area contributed by atoms with E-state index in [1.807, 2.05) is 12.1 Å². The highest BCUT2D eigenvalue weighted by molar-refractivity contribution is 7.12. The number of hydrogen-bond donors (Lipinski definition) is 1. The molecule has 3 rings (SSSR count). The van der Waals surface area contributed by atoms with Crippen LogP contribution in [-0.2, 0) is 5.54 Å². The van der Waals surface area contributed by atoms with Crippen molar-refractivity contribution in [3.8, 4) is 11.5 Å². The normalized spacial score (nSPS) is 27.6. The minimum atomic E-state index is -0.238. The summed E-state index contributed by atoms with van der Waals surface area (Å²) < 4.78 is 5.46. The van der Waals surface area contributed by atoms with Crippen LogP contribution >= 0.6 is 11.3 Å². The van der Waals surface area contributed by atoms with Crippen LogP contribution in [0.1, 0.15) is 42.5 Å². The van der Waals surface area contributed by atoms with E-state index in [0.717, 1.165) is 29.3 Å². The average Bonchev–Trinajstić information content (AvgIpc) is 2.97. The molecule has 19 heavy (non-hydrogen) atoms. The van der Waals surface area contributed by atoms with Gasteiger partial charge in [-0.05, 0) is 37.8 Å². The van der Waals surface area contributed by atoms with Crippen molar-refractivity contribution in [2.24, 2.45) is 11.7 Å². The van der Waals surface area contributed by atoms with E-state index in [0.29, 0.717) is 5.92 Å². The molecule has 2 unspecified atom stereocenters. The zero-order valence-electron chi connectivity index (χ0n) is 11.5. The fourth-order valence-corrected chi connectivity index (χ4v) is 4.10. The summed E-state index contributed by atoms with van der Waals surface area (Å²) in [4.78, 5) is 5.97. The molecule has 102 valence electrons. The lowest BCUT2D eigenvalue weighted by Gasteiger charge is -2.35. The molecule has 1 saturated carbocycles. The zero-order valence-corrected chi connectivity index (χ0v) is 12.3. The van der Waals surface area contributed by atoms with Gasteiger partial charge in [0.15, 0.2) is 5.76 Å². The first-order chi connectivity index (χ1) is 9.08. The van der Waals surface area contributed by atoms with Gasteiger partial charge >= 0.3 is 0 Å². The van der Waals surface area contributed by atoms with Crippen molar-refractivity contribution in [3.63, 3.8) is 0 Å². The van der Waals surface area contributed by atoms with E-state index in [4.69, 9.17) is 15.1 Å². The SMILES string of the molecule is Cc1sc(C2(N)CCCC(C)C2)nc1-c1ccco1. The van der Waals surface area contributed by atoms with Gasteiger partial charge in [-0.15, -0.1) is 11.3 Å². The van der Waals surface area contributed by atoms with Gasteiger partial charge in [0.25, 0.3) is 0 Å². The number of nitrogens with zero attached hydrogens (tertiary/aromatic N) is 1. The summed E-state index contributed by atoms with van der Waals surface area (Å²) >= 11 is 1.72. The Morgan fingerprint density at radius 1 is 1.53 bits per heavy atom. The molecule has 2 aromatic heterocycles. The summed E-state index contributed by atoms with van der Waals surface area (Å²) in [6.07, 6.45) is 6.26. The first-order valence-corrected chi connectivity index (χ1v) is 7.71. The summed E-state index contributed by atoms with van der Waals surface area (Å²) in [5.74, 6) is 1.53. The fraction of sp³-hybridized carbons (Fsp3) is 0.533. The molecule has 0 radical (unpaired) electrons. The van der Waals surface area contributed by atoms with Gasteiger partial charge in [0.2, 0.25) is 0 Å². The summed E-state index contributed by atoms with van der Waals surface area (Å²) in [7, 11) is 0. The largest absolute Gasteiger partial charge is 0.463 e. The van der Waals surface area contributed by atoms with Gasteiger partial charge < -0.3 is 10.2 Å². The Kier molecular flexibility index (Phi) is 3.23. The van der Waals surface area contributed by atoms with Gasteiger partial charge in [0, 0.05) is 4.88 Å². The van der Waals surface area contributed by atoms with Gasteiger partial charge in [-0.1, -0.05) is 19.8 Å². The summed E-state index contributed by atoms with van der Waals surface area (Å²) in [5.41, 5.74) is 7.34. The van der Waals surface area contributed by atoms with Crippen molar-refractivity contribution < 1.29 is 4.42 Å². The van der Waals surface area contributed by atoms with Crippen LogP contribution in [0.2, 0.25) is 0 Å². The molecular formula is C15H20N2OS. The van der Waals surface area contributed by atoms with Crippen molar-refractivity contribution in [2.45, 2.75) is 45.1 Å². The molecule has 1 aliphatic rings. The Morgan fingerprint density at radius 3 is 3.05 bits per heavy atom. The smallest absolute Gasteiger partial charge is 0.153 e. The minimum Gasteiger partial charge on any atom is -0.463 e. The fourth-order valence-electron chi connectivity index (χ4n) is 3.04. The van der Waals surface area contributed by atoms with Crippen molar-refractivity contribution in [2.75, 3.05) is 0 Å². The molecule has 2 heterocycles. The average molecular weight is 276 g/mol. The van der Waals surface area contributed by atoms with Crippen molar-refractivity contribution in [3.05, 3.63) is 28.3 Å². The maximum absolute atomic E-state index is 6.62. The van der Waals surface area contributed by atoms with Gasteiger partial charge in [-0.25, -0.2) is 4.98 Å². The lowest BCUT2D eigenvalue weighted by molar-refractivity contribution is 0.238. The third kappa shape index (κ3) is 2.35. The minimum absolute atomic E-state index is 0.238. The molecule has 0 amide bonds. The molecule has 2 aromatic rings. The van der Waals surface area contributed by atoms with Crippen LogP contribution in [0.15, 0.2) is 22.8 Å². The summed E-state index contributed by atoms with van der Waals surface area (Å²) in [5, 5.41) is 1.07. The lowest BCUT2D eigenvalue weighted by atomic mass is 9.77. The number of furan rings is 1.